The Labute approximate surface area is 148 Å². The number of nitrogens with zero attached hydrogens (tertiary/aromatic N) is 3. The lowest BCUT2D eigenvalue weighted by molar-refractivity contribution is 0.978. The van der Waals surface area contributed by atoms with Gasteiger partial charge in [0.1, 0.15) is 11.6 Å². The number of aromatic nitrogens is 2. The third-order valence-corrected chi connectivity index (χ3v) is 3.83. The van der Waals surface area contributed by atoms with E-state index in [1.165, 1.54) is 0 Å². The van der Waals surface area contributed by atoms with Crippen molar-refractivity contribution < 1.29 is 0 Å². The molecule has 2 aromatic carbocycles. The third kappa shape index (κ3) is 4.04. The molecule has 1 N–H and O–H groups in total. The van der Waals surface area contributed by atoms with Gasteiger partial charge < -0.3 is 10.2 Å². The van der Waals surface area contributed by atoms with E-state index in [1.54, 1.807) is 0 Å². The van der Waals surface area contributed by atoms with Crippen molar-refractivity contribution in [1.29, 1.82) is 0 Å². The van der Waals surface area contributed by atoms with Gasteiger partial charge in [0.15, 0.2) is 5.82 Å². The Balaban J connectivity index is 2.06. The lowest BCUT2D eigenvalue weighted by Crippen LogP contribution is -2.18. The minimum absolute atomic E-state index is 0.655. The molecule has 0 saturated heterocycles. The lowest BCUT2D eigenvalue weighted by Gasteiger charge is -2.23. The van der Waals surface area contributed by atoms with E-state index >= 15 is 0 Å². The molecule has 0 unspecified atom stereocenters. The molecule has 3 aromatic rings. The maximum absolute atomic E-state index is 4.81. The van der Waals surface area contributed by atoms with E-state index in [0.29, 0.717) is 12.4 Å². The second kappa shape index (κ2) is 8.11. The number of hydrogen-bond donors (Lipinski definition) is 1. The summed E-state index contributed by atoms with van der Waals surface area (Å²) in [7, 11) is 0. The van der Waals surface area contributed by atoms with Crippen molar-refractivity contribution in [2.24, 2.45) is 0 Å². The Morgan fingerprint density at radius 3 is 2.32 bits per heavy atom. The van der Waals surface area contributed by atoms with Crippen molar-refractivity contribution in [3.63, 3.8) is 0 Å². The van der Waals surface area contributed by atoms with Gasteiger partial charge in [0.25, 0.3) is 0 Å². The van der Waals surface area contributed by atoms with Crippen LogP contribution in [0.1, 0.15) is 6.92 Å². The predicted molar refractivity (Wildman–Crippen MR) is 105 cm³/mol. The zero-order valence-electron chi connectivity index (χ0n) is 14.4. The maximum atomic E-state index is 4.81. The van der Waals surface area contributed by atoms with Gasteiger partial charge in [-0.05, 0) is 19.1 Å². The van der Waals surface area contributed by atoms with Crippen LogP contribution in [0.25, 0.3) is 11.4 Å². The molecule has 0 aliphatic rings. The maximum Gasteiger partial charge on any atom is 0.163 e. The van der Waals surface area contributed by atoms with E-state index in [-0.39, 0.29) is 0 Å². The zero-order valence-corrected chi connectivity index (χ0v) is 14.4. The SMILES string of the molecule is C=CCNc1cc(N(CC)c2ccccc2)nc(-c2ccccc2)n1. The molecule has 0 atom stereocenters. The molecule has 25 heavy (non-hydrogen) atoms. The van der Waals surface area contributed by atoms with Crippen molar-refractivity contribution >= 4 is 17.3 Å². The average Bonchev–Trinajstić information content (AvgIpc) is 2.68. The minimum atomic E-state index is 0.655. The van der Waals surface area contributed by atoms with Crippen molar-refractivity contribution in [3.8, 4) is 11.4 Å². The highest BCUT2D eigenvalue weighted by Gasteiger charge is 2.13. The van der Waals surface area contributed by atoms with Gasteiger partial charge in [-0.2, -0.15) is 0 Å². The average molecular weight is 330 g/mol. The van der Waals surface area contributed by atoms with Gasteiger partial charge in [-0.3, -0.25) is 0 Å². The van der Waals surface area contributed by atoms with E-state index < -0.39 is 0 Å². The van der Waals surface area contributed by atoms with Crippen LogP contribution >= 0.6 is 0 Å². The Hall–Kier alpha value is -3.14. The summed E-state index contributed by atoms with van der Waals surface area (Å²) in [5, 5.41) is 3.28. The number of para-hydroxylation sites is 1. The van der Waals surface area contributed by atoms with E-state index in [1.807, 2.05) is 60.7 Å². The predicted octanol–water partition coefficient (Wildman–Crippen LogP) is 4.90. The molecule has 1 heterocycles. The van der Waals surface area contributed by atoms with Gasteiger partial charge in [-0.25, -0.2) is 9.97 Å². The number of rotatable bonds is 7. The van der Waals surface area contributed by atoms with Crippen LogP contribution < -0.4 is 10.2 Å². The van der Waals surface area contributed by atoms with Crippen molar-refractivity contribution in [3.05, 3.63) is 79.4 Å². The number of anilines is 3. The molecular formula is C21H22N4. The molecule has 1 aromatic heterocycles. The summed E-state index contributed by atoms with van der Waals surface area (Å²) in [6.07, 6.45) is 1.82. The van der Waals surface area contributed by atoms with E-state index in [9.17, 15) is 0 Å². The Bertz CT molecular complexity index is 816. The Morgan fingerprint density at radius 1 is 1.00 bits per heavy atom. The summed E-state index contributed by atoms with van der Waals surface area (Å²) in [5.74, 6) is 2.37. The van der Waals surface area contributed by atoms with Gasteiger partial charge in [0.05, 0.1) is 0 Å². The summed E-state index contributed by atoms with van der Waals surface area (Å²) in [4.78, 5) is 11.6. The number of benzene rings is 2. The standard InChI is InChI=1S/C21H22N4/c1-3-15-22-19-16-20(25(4-2)18-13-9-6-10-14-18)24-21(23-19)17-11-7-5-8-12-17/h3,5-14,16H,1,4,15H2,2H3,(H,22,23,24). The van der Waals surface area contributed by atoms with Crippen LogP contribution in [0.3, 0.4) is 0 Å². The highest BCUT2D eigenvalue weighted by molar-refractivity contribution is 5.67. The van der Waals surface area contributed by atoms with E-state index in [4.69, 9.17) is 4.98 Å². The minimum Gasteiger partial charge on any atom is -0.366 e. The van der Waals surface area contributed by atoms with Crippen LogP contribution in [0, 0.1) is 0 Å². The Kier molecular flexibility index (Phi) is 5.42. The highest BCUT2D eigenvalue weighted by atomic mass is 15.2. The molecule has 0 fully saturated rings. The summed E-state index contributed by atoms with van der Waals surface area (Å²) in [5.41, 5.74) is 2.10. The quantitative estimate of drug-likeness (QED) is 0.626. The fourth-order valence-corrected chi connectivity index (χ4v) is 2.64. The molecule has 0 saturated carbocycles. The van der Waals surface area contributed by atoms with Gasteiger partial charge in [0, 0.05) is 30.4 Å². The summed E-state index contributed by atoms with van der Waals surface area (Å²) >= 11 is 0. The largest absolute Gasteiger partial charge is 0.366 e. The molecular weight excluding hydrogens is 308 g/mol. The second-order valence-electron chi connectivity index (χ2n) is 5.55. The summed E-state index contributed by atoms with van der Waals surface area (Å²) in [6.45, 7) is 7.35. The molecule has 3 rings (SSSR count). The highest BCUT2D eigenvalue weighted by Crippen LogP contribution is 2.27. The van der Waals surface area contributed by atoms with Gasteiger partial charge >= 0.3 is 0 Å². The first-order chi connectivity index (χ1) is 12.3. The van der Waals surface area contributed by atoms with Gasteiger partial charge in [0.2, 0.25) is 0 Å². The fourth-order valence-electron chi connectivity index (χ4n) is 2.64. The molecule has 0 spiro atoms. The second-order valence-corrected chi connectivity index (χ2v) is 5.55. The first-order valence-corrected chi connectivity index (χ1v) is 8.43. The van der Waals surface area contributed by atoms with Crippen molar-refractivity contribution in [2.45, 2.75) is 6.92 Å². The number of nitrogens with one attached hydrogen (secondary N) is 1. The van der Waals surface area contributed by atoms with Crippen molar-refractivity contribution in [2.75, 3.05) is 23.3 Å². The molecule has 126 valence electrons. The van der Waals surface area contributed by atoms with Gasteiger partial charge in [-0.15, -0.1) is 6.58 Å². The van der Waals surface area contributed by atoms with Crippen LogP contribution in [-0.4, -0.2) is 23.1 Å². The van der Waals surface area contributed by atoms with Crippen molar-refractivity contribution in [1.82, 2.24) is 9.97 Å². The summed E-state index contributed by atoms with van der Waals surface area (Å²) in [6, 6.07) is 22.3. The third-order valence-electron chi connectivity index (χ3n) is 3.83. The topological polar surface area (TPSA) is 41.0 Å². The summed E-state index contributed by atoms with van der Waals surface area (Å²) < 4.78 is 0. The van der Waals surface area contributed by atoms with Crippen LogP contribution in [-0.2, 0) is 0 Å². The smallest absolute Gasteiger partial charge is 0.163 e. The first-order valence-electron chi connectivity index (χ1n) is 8.43. The Morgan fingerprint density at radius 2 is 1.68 bits per heavy atom. The van der Waals surface area contributed by atoms with Gasteiger partial charge in [-0.1, -0.05) is 54.6 Å². The lowest BCUT2D eigenvalue weighted by atomic mass is 10.2. The molecule has 4 nitrogen and oxygen atoms in total. The van der Waals surface area contributed by atoms with Crippen LogP contribution in [0.4, 0.5) is 17.3 Å². The first kappa shape index (κ1) is 16.7. The fraction of sp³-hybridized carbons (Fsp3) is 0.143. The number of hydrogen-bond acceptors (Lipinski definition) is 4. The molecule has 0 radical (unpaired) electrons. The molecule has 0 aliphatic carbocycles. The van der Waals surface area contributed by atoms with Crippen LogP contribution in [0.5, 0.6) is 0 Å². The molecule has 0 bridgehead atoms. The molecule has 0 amide bonds. The molecule has 0 aliphatic heterocycles. The monoisotopic (exact) mass is 330 g/mol. The van der Waals surface area contributed by atoms with Crippen LogP contribution in [0.15, 0.2) is 79.4 Å². The van der Waals surface area contributed by atoms with E-state index in [2.05, 4.69) is 40.8 Å². The molecule has 4 heteroatoms. The van der Waals surface area contributed by atoms with Crippen LogP contribution in [0.2, 0.25) is 0 Å². The normalized spacial score (nSPS) is 10.3. The van der Waals surface area contributed by atoms with E-state index in [0.717, 1.165) is 29.4 Å². The zero-order chi connectivity index (χ0) is 17.5.